The highest BCUT2D eigenvalue weighted by Gasteiger charge is 2.23. The van der Waals surface area contributed by atoms with Crippen LogP contribution in [0.1, 0.15) is 28.5 Å². The summed E-state index contributed by atoms with van der Waals surface area (Å²) in [6.45, 7) is 5.33. The second-order valence-electron chi connectivity index (χ2n) is 4.91. The van der Waals surface area contributed by atoms with Gasteiger partial charge in [0, 0.05) is 0 Å². The van der Waals surface area contributed by atoms with Crippen molar-refractivity contribution >= 4 is 22.8 Å². The number of nitrogen functional groups attached to an aromatic ring is 1. The first-order valence-corrected chi connectivity index (χ1v) is 6.34. The van der Waals surface area contributed by atoms with Gasteiger partial charge in [-0.05, 0) is 38.5 Å². The number of fused-ring (bicyclic) bond motifs is 1. The van der Waals surface area contributed by atoms with Crippen LogP contribution in [0, 0.1) is 13.8 Å². The Morgan fingerprint density at radius 2 is 2.10 bits per heavy atom. The fraction of sp³-hybridized carbons (Fsp3) is 0.200. The maximum atomic E-state index is 11.7. The molecule has 0 bridgehead atoms. The second kappa shape index (κ2) is 4.23. The number of rotatable bonds is 2. The fourth-order valence-corrected chi connectivity index (χ4v) is 2.45. The van der Waals surface area contributed by atoms with Gasteiger partial charge in [0.15, 0.2) is 5.78 Å². The maximum absolute atomic E-state index is 11.7. The molecule has 5 heteroatoms. The summed E-state index contributed by atoms with van der Waals surface area (Å²) >= 11 is 0. The molecule has 0 amide bonds. The van der Waals surface area contributed by atoms with Gasteiger partial charge in [-0.1, -0.05) is 12.1 Å². The molecule has 2 aromatic heterocycles. The smallest absolute Gasteiger partial charge is 0.233 e. The van der Waals surface area contributed by atoms with Crippen LogP contribution in [-0.4, -0.2) is 15.6 Å². The Labute approximate surface area is 116 Å². The molecule has 0 atom stereocenters. The lowest BCUT2D eigenvalue weighted by Gasteiger charge is -2.02. The van der Waals surface area contributed by atoms with E-state index in [2.05, 4.69) is 5.10 Å². The number of ketones is 1. The number of carbonyl (C=O) groups excluding carboxylic acids is 1. The predicted octanol–water partition coefficient (Wildman–Crippen LogP) is 3.02. The van der Waals surface area contributed by atoms with Gasteiger partial charge in [0.05, 0.1) is 22.3 Å². The van der Waals surface area contributed by atoms with Crippen LogP contribution in [0.3, 0.4) is 0 Å². The van der Waals surface area contributed by atoms with Crippen molar-refractivity contribution in [1.29, 1.82) is 0 Å². The van der Waals surface area contributed by atoms with Gasteiger partial charge in [-0.2, -0.15) is 9.78 Å². The molecule has 5 nitrogen and oxygen atoms in total. The Balaban J connectivity index is 2.34. The minimum Gasteiger partial charge on any atom is -0.422 e. The molecule has 0 aliphatic carbocycles. The molecule has 20 heavy (non-hydrogen) atoms. The van der Waals surface area contributed by atoms with Crippen LogP contribution in [0.15, 0.2) is 28.7 Å². The quantitative estimate of drug-likeness (QED) is 0.726. The van der Waals surface area contributed by atoms with E-state index >= 15 is 0 Å². The Morgan fingerprint density at radius 1 is 1.35 bits per heavy atom. The third-order valence-electron chi connectivity index (χ3n) is 3.32. The highest BCUT2D eigenvalue weighted by atomic mass is 16.4. The van der Waals surface area contributed by atoms with Gasteiger partial charge < -0.3 is 10.2 Å². The maximum Gasteiger partial charge on any atom is 0.233 e. The number of anilines is 1. The summed E-state index contributed by atoms with van der Waals surface area (Å²) in [5.74, 6) is 0.0301. The average Bonchev–Trinajstić information content (AvgIpc) is 2.86. The van der Waals surface area contributed by atoms with Crippen LogP contribution >= 0.6 is 0 Å². The zero-order valence-corrected chi connectivity index (χ0v) is 11.6. The molecule has 0 unspecified atom stereocenters. The molecule has 0 aliphatic rings. The number of hydrogen-bond acceptors (Lipinski definition) is 4. The SMILES string of the molecule is CC(=O)c1c(N)oc2c1c(C)nn2-c1cccc(C)c1. The van der Waals surface area contributed by atoms with E-state index < -0.39 is 0 Å². The number of Topliss-reactive ketones (excluding diaryl/α,β-unsaturated/α-hetero) is 1. The first kappa shape index (κ1) is 12.5. The summed E-state index contributed by atoms with van der Waals surface area (Å²) in [5.41, 5.74) is 9.47. The number of furan rings is 1. The lowest BCUT2D eigenvalue weighted by Crippen LogP contribution is -1.98. The van der Waals surface area contributed by atoms with E-state index in [0.717, 1.165) is 16.9 Å². The van der Waals surface area contributed by atoms with Crippen molar-refractivity contribution in [2.45, 2.75) is 20.8 Å². The monoisotopic (exact) mass is 269 g/mol. The topological polar surface area (TPSA) is 74.1 Å². The van der Waals surface area contributed by atoms with Gasteiger partial charge in [-0.15, -0.1) is 0 Å². The van der Waals surface area contributed by atoms with Gasteiger partial charge in [-0.25, -0.2) is 0 Å². The highest BCUT2D eigenvalue weighted by Crippen LogP contribution is 2.32. The highest BCUT2D eigenvalue weighted by molar-refractivity contribution is 6.10. The molecule has 0 spiro atoms. The van der Waals surface area contributed by atoms with Crippen molar-refractivity contribution in [1.82, 2.24) is 9.78 Å². The van der Waals surface area contributed by atoms with Crippen molar-refractivity contribution in [2.24, 2.45) is 0 Å². The lowest BCUT2D eigenvalue weighted by molar-refractivity contribution is 0.101. The summed E-state index contributed by atoms with van der Waals surface area (Å²) in [4.78, 5) is 11.7. The minimum atomic E-state index is -0.117. The number of nitrogens with zero attached hydrogens (tertiary/aromatic N) is 2. The van der Waals surface area contributed by atoms with Crippen molar-refractivity contribution in [3.05, 3.63) is 41.1 Å². The van der Waals surface area contributed by atoms with E-state index in [1.54, 1.807) is 4.68 Å². The van der Waals surface area contributed by atoms with Crippen molar-refractivity contribution in [2.75, 3.05) is 5.73 Å². The zero-order chi connectivity index (χ0) is 14.4. The van der Waals surface area contributed by atoms with E-state index in [9.17, 15) is 4.79 Å². The van der Waals surface area contributed by atoms with Gasteiger partial charge in [0.1, 0.15) is 0 Å². The molecule has 3 aromatic rings. The van der Waals surface area contributed by atoms with Gasteiger partial charge in [0.25, 0.3) is 0 Å². The number of hydrogen-bond donors (Lipinski definition) is 1. The molecule has 102 valence electrons. The number of carbonyl (C=O) groups is 1. The molecule has 0 fully saturated rings. The summed E-state index contributed by atoms with van der Waals surface area (Å²) < 4.78 is 7.25. The van der Waals surface area contributed by atoms with Gasteiger partial charge in [0.2, 0.25) is 11.6 Å². The van der Waals surface area contributed by atoms with E-state index in [4.69, 9.17) is 10.2 Å². The molecule has 2 heterocycles. The summed E-state index contributed by atoms with van der Waals surface area (Å²) in [6.07, 6.45) is 0. The average molecular weight is 269 g/mol. The molecule has 0 saturated carbocycles. The van der Waals surface area contributed by atoms with Crippen LogP contribution in [0.2, 0.25) is 0 Å². The largest absolute Gasteiger partial charge is 0.422 e. The molecule has 2 N–H and O–H groups in total. The van der Waals surface area contributed by atoms with Crippen molar-refractivity contribution < 1.29 is 9.21 Å². The second-order valence-corrected chi connectivity index (χ2v) is 4.91. The van der Waals surface area contributed by atoms with Gasteiger partial charge in [-0.3, -0.25) is 4.79 Å². The zero-order valence-electron chi connectivity index (χ0n) is 11.6. The molecule has 3 rings (SSSR count). The standard InChI is InChI=1S/C15H15N3O2/c1-8-5-4-6-11(7-8)18-15-12(9(2)17-18)13(10(3)19)14(16)20-15/h4-7H,16H2,1-3H3. The molecule has 0 aliphatic heterocycles. The van der Waals surface area contributed by atoms with Crippen molar-refractivity contribution in [3.63, 3.8) is 0 Å². The van der Waals surface area contributed by atoms with Crippen LogP contribution < -0.4 is 5.73 Å². The normalized spacial score (nSPS) is 11.2. The molecular formula is C15H15N3O2. The molecule has 0 radical (unpaired) electrons. The summed E-state index contributed by atoms with van der Waals surface area (Å²) in [7, 11) is 0. The van der Waals surface area contributed by atoms with Crippen LogP contribution in [0.4, 0.5) is 5.88 Å². The fourth-order valence-electron chi connectivity index (χ4n) is 2.45. The van der Waals surface area contributed by atoms with E-state index in [0.29, 0.717) is 16.7 Å². The van der Waals surface area contributed by atoms with Crippen molar-refractivity contribution in [3.8, 4) is 5.69 Å². The number of nitrogens with two attached hydrogens (primary N) is 1. The Bertz CT molecular complexity index is 827. The molecule has 0 saturated heterocycles. The van der Waals surface area contributed by atoms with Crippen LogP contribution in [0.25, 0.3) is 16.8 Å². The third-order valence-corrected chi connectivity index (χ3v) is 3.32. The van der Waals surface area contributed by atoms with Gasteiger partial charge >= 0.3 is 0 Å². The minimum absolute atomic E-state index is 0.117. The Morgan fingerprint density at radius 3 is 2.75 bits per heavy atom. The summed E-state index contributed by atoms with van der Waals surface area (Å²) in [6, 6.07) is 7.89. The van der Waals surface area contributed by atoms with E-state index in [1.165, 1.54) is 6.92 Å². The summed E-state index contributed by atoms with van der Waals surface area (Å²) in [5, 5.41) is 5.15. The van der Waals surface area contributed by atoms with Crippen LogP contribution in [0.5, 0.6) is 0 Å². The first-order chi connectivity index (χ1) is 9.49. The molecular weight excluding hydrogens is 254 g/mol. The molecule has 1 aromatic carbocycles. The number of aryl methyl sites for hydroxylation is 2. The third kappa shape index (κ3) is 1.71. The lowest BCUT2D eigenvalue weighted by atomic mass is 10.1. The van der Waals surface area contributed by atoms with E-state index in [-0.39, 0.29) is 11.7 Å². The Hall–Kier alpha value is -2.56. The predicted molar refractivity (Wildman–Crippen MR) is 77.2 cm³/mol. The first-order valence-electron chi connectivity index (χ1n) is 6.34. The Kier molecular flexibility index (Phi) is 2.64. The number of aromatic nitrogens is 2. The number of benzene rings is 1. The van der Waals surface area contributed by atoms with Crippen LogP contribution in [-0.2, 0) is 0 Å². The van der Waals surface area contributed by atoms with E-state index in [1.807, 2.05) is 38.1 Å².